The van der Waals surface area contributed by atoms with E-state index in [0.717, 1.165) is 35.3 Å². The predicted octanol–water partition coefficient (Wildman–Crippen LogP) is 1.47. The van der Waals surface area contributed by atoms with E-state index in [0.29, 0.717) is 25.6 Å². The van der Waals surface area contributed by atoms with Gasteiger partial charge in [0.15, 0.2) is 5.96 Å². The molecule has 7 nitrogen and oxygen atoms in total. The van der Waals surface area contributed by atoms with E-state index in [1.54, 1.807) is 18.0 Å². The van der Waals surface area contributed by atoms with Crippen LogP contribution in [-0.4, -0.2) is 30.7 Å². The molecule has 0 aromatic carbocycles. The molecule has 1 aliphatic rings. The molecule has 24 heavy (non-hydrogen) atoms. The Kier molecular flexibility index (Phi) is 5.97. The van der Waals surface area contributed by atoms with E-state index in [-0.39, 0.29) is 5.91 Å². The number of thioether (sulfide) groups is 1. The third kappa shape index (κ3) is 5.17. The lowest BCUT2D eigenvalue weighted by Crippen LogP contribution is -2.35. The van der Waals surface area contributed by atoms with Crippen molar-refractivity contribution in [3.05, 3.63) is 47.8 Å². The zero-order chi connectivity index (χ0) is 16.6. The van der Waals surface area contributed by atoms with E-state index in [2.05, 4.69) is 20.9 Å². The van der Waals surface area contributed by atoms with Crippen molar-refractivity contribution in [2.24, 2.45) is 4.99 Å². The number of guanidine groups is 1. The van der Waals surface area contributed by atoms with Gasteiger partial charge in [-0.2, -0.15) is 16.8 Å². The quantitative estimate of drug-likeness (QED) is 0.591. The van der Waals surface area contributed by atoms with Gasteiger partial charge >= 0.3 is 0 Å². The molecule has 0 radical (unpaired) electrons. The summed E-state index contributed by atoms with van der Waals surface area (Å²) < 4.78 is 11.0. The Balaban J connectivity index is 1.28. The Bertz CT molecular complexity index is 681. The molecule has 0 aliphatic carbocycles. The van der Waals surface area contributed by atoms with Crippen LogP contribution in [-0.2, 0) is 23.6 Å². The molecule has 0 saturated carbocycles. The van der Waals surface area contributed by atoms with E-state index in [1.165, 1.54) is 0 Å². The van der Waals surface area contributed by atoms with Crippen molar-refractivity contribution >= 4 is 23.6 Å². The normalized spacial score (nSPS) is 13.8. The number of amides is 1. The molecule has 2 aromatic rings. The first-order valence-corrected chi connectivity index (χ1v) is 8.93. The average molecular weight is 348 g/mol. The van der Waals surface area contributed by atoms with Gasteiger partial charge < -0.3 is 24.8 Å². The van der Waals surface area contributed by atoms with Gasteiger partial charge in [0.1, 0.15) is 17.3 Å². The van der Waals surface area contributed by atoms with Gasteiger partial charge in [-0.25, -0.2) is 0 Å². The van der Waals surface area contributed by atoms with E-state index in [9.17, 15) is 4.79 Å². The monoisotopic (exact) mass is 348 g/mol. The zero-order valence-electron chi connectivity index (χ0n) is 13.2. The second-order valence-electron chi connectivity index (χ2n) is 5.24. The molecule has 8 heteroatoms. The minimum atomic E-state index is -0.131. The van der Waals surface area contributed by atoms with Gasteiger partial charge in [-0.05, 0) is 24.3 Å². The van der Waals surface area contributed by atoms with Gasteiger partial charge in [0, 0.05) is 12.3 Å². The van der Waals surface area contributed by atoms with Crippen LogP contribution in [0.3, 0.4) is 0 Å². The van der Waals surface area contributed by atoms with Crippen LogP contribution in [0.2, 0.25) is 0 Å². The maximum Gasteiger partial charge on any atom is 0.268 e. The minimum absolute atomic E-state index is 0.131. The number of nitrogens with zero attached hydrogens (tertiary/aromatic N) is 1. The summed E-state index contributed by atoms with van der Waals surface area (Å²) in [5.74, 6) is 4.95. The topological polar surface area (TPSA) is 91.8 Å². The molecule has 0 fully saturated rings. The maximum atomic E-state index is 11.0. The third-order valence-electron chi connectivity index (χ3n) is 3.32. The molecule has 0 unspecified atom stereocenters. The lowest BCUT2D eigenvalue weighted by Gasteiger charge is -2.04. The largest absolute Gasteiger partial charge is 0.468 e. The van der Waals surface area contributed by atoms with Crippen molar-refractivity contribution in [3.63, 3.8) is 0 Å². The van der Waals surface area contributed by atoms with Gasteiger partial charge in [0.25, 0.3) is 5.91 Å². The Morgan fingerprint density at radius 2 is 2.08 bits per heavy atom. The Morgan fingerprint density at radius 3 is 2.88 bits per heavy atom. The van der Waals surface area contributed by atoms with Crippen LogP contribution in [0.15, 0.2) is 44.4 Å². The number of nitrogens with one attached hydrogen (secondary N) is 3. The van der Waals surface area contributed by atoms with Crippen LogP contribution in [0.4, 0.5) is 0 Å². The molecule has 0 bridgehead atoms. The van der Waals surface area contributed by atoms with Gasteiger partial charge in [0.05, 0.1) is 31.7 Å². The Hall–Kier alpha value is -2.19. The lowest BCUT2D eigenvalue weighted by atomic mass is 10.4. The van der Waals surface area contributed by atoms with Crippen LogP contribution in [0.5, 0.6) is 0 Å². The SMILES string of the molecule is O=C1CNC(NCCSCc2ccc(CNCc3ccco3)o2)=N1. The van der Waals surface area contributed by atoms with E-state index in [4.69, 9.17) is 8.83 Å². The number of rotatable bonds is 9. The summed E-state index contributed by atoms with van der Waals surface area (Å²) >= 11 is 1.77. The minimum Gasteiger partial charge on any atom is -0.468 e. The fourth-order valence-corrected chi connectivity index (χ4v) is 2.94. The van der Waals surface area contributed by atoms with Crippen molar-refractivity contribution in [3.8, 4) is 0 Å². The first kappa shape index (κ1) is 16.7. The van der Waals surface area contributed by atoms with E-state index < -0.39 is 0 Å². The molecular formula is C16H20N4O3S. The third-order valence-corrected chi connectivity index (χ3v) is 4.30. The molecule has 0 saturated heterocycles. The molecule has 3 heterocycles. The van der Waals surface area contributed by atoms with Gasteiger partial charge in [-0.3, -0.25) is 4.79 Å². The first-order chi connectivity index (χ1) is 11.8. The summed E-state index contributed by atoms with van der Waals surface area (Å²) in [6.45, 7) is 2.40. The summed E-state index contributed by atoms with van der Waals surface area (Å²) in [6.07, 6.45) is 1.67. The number of carbonyl (C=O) groups is 1. The van der Waals surface area contributed by atoms with Crippen molar-refractivity contribution < 1.29 is 13.6 Å². The van der Waals surface area contributed by atoms with Gasteiger partial charge in [-0.15, -0.1) is 0 Å². The van der Waals surface area contributed by atoms with Crippen molar-refractivity contribution in [2.75, 3.05) is 18.8 Å². The highest BCUT2D eigenvalue weighted by Gasteiger charge is 2.11. The molecule has 3 N–H and O–H groups in total. The molecule has 0 atom stereocenters. The van der Waals surface area contributed by atoms with Crippen molar-refractivity contribution in [1.82, 2.24) is 16.0 Å². The molecule has 3 rings (SSSR count). The summed E-state index contributed by atoms with van der Waals surface area (Å²) in [5, 5.41) is 9.26. The van der Waals surface area contributed by atoms with Crippen LogP contribution >= 0.6 is 11.8 Å². The fourth-order valence-electron chi connectivity index (χ4n) is 2.20. The second kappa shape index (κ2) is 8.60. The average Bonchev–Trinajstić information content (AvgIpc) is 3.30. The highest BCUT2D eigenvalue weighted by molar-refractivity contribution is 7.98. The molecule has 1 aliphatic heterocycles. The number of carbonyl (C=O) groups excluding carboxylic acids is 1. The van der Waals surface area contributed by atoms with Crippen molar-refractivity contribution in [2.45, 2.75) is 18.8 Å². The maximum absolute atomic E-state index is 11.0. The standard InChI is InChI=1S/C16H20N4O3S/c21-15-10-19-16(20-15)18-5-7-24-11-14-4-3-13(23-14)9-17-8-12-2-1-6-22-12/h1-4,6,17H,5,7-11H2,(H2,18,19,20,21). The molecular weight excluding hydrogens is 328 g/mol. The highest BCUT2D eigenvalue weighted by atomic mass is 32.2. The summed E-state index contributed by atoms with van der Waals surface area (Å²) in [7, 11) is 0. The molecule has 2 aromatic heterocycles. The van der Waals surface area contributed by atoms with Crippen LogP contribution in [0.1, 0.15) is 17.3 Å². The smallest absolute Gasteiger partial charge is 0.268 e. The molecule has 0 spiro atoms. The van der Waals surface area contributed by atoms with Gasteiger partial charge in [0.2, 0.25) is 0 Å². The molecule has 1 amide bonds. The van der Waals surface area contributed by atoms with Crippen molar-refractivity contribution in [1.29, 1.82) is 0 Å². The number of hydrogen-bond acceptors (Lipinski definition) is 7. The zero-order valence-corrected chi connectivity index (χ0v) is 14.0. The van der Waals surface area contributed by atoms with Gasteiger partial charge in [-0.1, -0.05) is 0 Å². The molecule has 128 valence electrons. The van der Waals surface area contributed by atoms with E-state index >= 15 is 0 Å². The Labute approximate surface area is 144 Å². The van der Waals surface area contributed by atoms with Crippen LogP contribution < -0.4 is 16.0 Å². The predicted molar refractivity (Wildman–Crippen MR) is 92.6 cm³/mol. The summed E-state index contributed by atoms with van der Waals surface area (Å²) in [4.78, 5) is 14.8. The fraction of sp³-hybridized carbons (Fsp3) is 0.375. The summed E-state index contributed by atoms with van der Waals surface area (Å²) in [5.41, 5.74) is 0. The summed E-state index contributed by atoms with van der Waals surface area (Å²) in [6, 6.07) is 7.81. The lowest BCUT2D eigenvalue weighted by molar-refractivity contribution is -0.116. The number of aliphatic imine (C=N–C) groups is 1. The Morgan fingerprint density at radius 1 is 1.21 bits per heavy atom. The van der Waals surface area contributed by atoms with E-state index in [1.807, 2.05) is 24.3 Å². The van der Waals surface area contributed by atoms with Crippen LogP contribution in [0.25, 0.3) is 0 Å². The number of hydrogen-bond donors (Lipinski definition) is 3. The number of furan rings is 2. The second-order valence-corrected chi connectivity index (χ2v) is 6.34. The highest BCUT2D eigenvalue weighted by Crippen LogP contribution is 2.15. The first-order valence-electron chi connectivity index (χ1n) is 7.77. The van der Waals surface area contributed by atoms with Crippen LogP contribution in [0, 0.1) is 0 Å².